The van der Waals surface area contributed by atoms with Crippen LogP contribution in [0.1, 0.15) is 12.8 Å². The SMILES string of the molecule is O=C([C@@H]1CCCN(c2nccc3sccc23)C1)N1CCN(c2ccc(F)cc2)CC1. The van der Waals surface area contributed by atoms with Crippen LogP contribution in [0.4, 0.5) is 15.9 Å². The number of pyridine rings is 1. The third-order valence-electron chi connectivity index (χ3n) is 6.21. The molecule has 2 aliphatic rings. The van der Waals surface area contributed by atoms with E-state index in [0.717, 1.165) is 50.5 Å². The first-order valence-corrected chi connectivity index (χ1v) is 11.4. The molecule has 2 saturated heterocycles. The highest BCUT2D eigenvalue weighted by atomic mass is 32.1. The van der Waals surface area contributed by atoms with E-state index in [0.29, 0.717) is 13.1 Å². The van der Waals surface area contributed by atoms with Gasteiger partial charge in [0.05, 0.1) is 5.92 Å². The van der Waals surface area contributed by atoms with Gasteiger partial charge in [0.2, 0.25) is 5.91 Å². The van der Waals surface area contributed by atoms with E-state index >= 15 is 0 Å². The zero-order chi connectivity index (χ0) is 20.5. The van der Waals surface area contributed by atoms with Gasteiger partial charge in [0.25, 0.3) is 0 Å². The van der Waals surface area contributed by atoms with Crippen LogP contribution in [0.15, 0.2) is 48.0 Å². The second-order valence-corrected chi connectivity index (χ2v) is 8.99. The number of amides is 1. The summed E-state index contributed by atoms with van der Waals surface area (Å²) in [6.07, 6.45) is 3.82. The molecule has 5 nitrogen and oxygen atoms in total. The van der Waals surface area contributed by atoms with Crippen molar-refractivity contribution in [1.82, 2.24) is 9.88 Å². The second-order valence-electron chi connectivity index (χ2n) is 8.04. The Kier molecular flexibility index (Phi) is 5.29. The van der Waals surface area contributed by atoms with Crippen LogP contribution in [0.2, 0.25) is 0 Å². The van der Waals surface area contributed by atoms with E-state index in [4.69, 9.17) is 0 Å². The number of piperazine rings is 1. The highest BCUT2D eigenvalue weighted by Crippen LogP contribution is 2.31. The van der Waals surface area contributed by atoms with Gasteiger partial charge in [-0.25, -0.2) is 9.37 Å². The zero-order valence-corrected chi connectivity index (χ0v) is 17.7. The molecule has 7 heteroatoms. The van der Waals surface area contributed by atoms with Gasteiger partial charge < -0.3 is 14.7 Å². The van der Waals surface area contributed by atoms with Gasteiger partial charge in [-0.05, 0) is 54.6 Å². The number of thiophene rings is 1. The lowest BCUT2D eigenvalue weighted by atomic mass is 9.96. The highest BCUT2D eigenvalue weighted by molar-refractivity contribution is 7.17. The lowest BCUT2D eigenvalue weighted by molar-refractivity contribution is -0.136. The van der Waals surface area contributed by atoms with E-state index in [1.165, 1.54) is 22.2 Å². The van der Waals surface area contributed by atoms with Gasteiger partial charge in [0.1, 0.15) is 11.6 Å². The fourth-order valence-corrected chi connectivity index (χ4v) is 5.37. The number of halogens is 1. The Hall–Kier alpha value is -2.67. The molecule has 4 heterocycles. The summed E-state index contributed by atoms with van der Waals surface area (Å²) in [5.41, 5.74) is 1.02. The lowest BCUT2D eigenvalue weighted by Gasteiger charge is -2.40. The minimum Gasteiger partial charge on any atom is -0.368 e. The van der Waals surface area contributed by atoms with E-state index in [-0.39, 0.29) is 17.6 Å². The van der Waals surface area contributed by atoms with Gasteiger partial charge >= 0.3 is 0 Å². The Morgan fingerprint density at radius 2 is 1.80 bits per heavy atom. The fraction of sp³-hybridized carbons (Fsp3) is 0.391. The van der Waals surface area contributed by atoms with Crippen LogP contribution < -0.4 is 9.80 Å². The van der Waals surface area contributed by atoms with Crippen molar-refractivity contribution in [2.45, 2.75) is 12.8 Å². The number of carbonyl (C=O) groups is 1. The molecule has 0 spiro atoms. The number of hydrogen-bond donors (Lipinski definition) is 0. The summed E-state index contributed by atoms with van der Waals surface area (Å²) < 4.78 is 14.4. The summed E-state index contributed by atoms with van der Waals surface area (Å²) in [5, 5.41) is 3.28. The average Bonchev–Trinajstić information content (AvgIpc) is 3.28. The van der Waals surface area contributed by atoms with Crippen LogP contribution in [0.5, 0.6) is 0 Å². The van der Waals surface area contributed by atoms with Gasteiger partial charge in [0, 0.05) is 61.2 Å². The lowest BCUT2D eigenvalue weighted by Crippen LogP contribution is -2.52. The fourth-order valence-electron chi connectivity index (χ4n) is 4.60. The van der Waals surface area contributed by atoms with Crippen molar-refractivity contribution < 1.29 is 9.18 Å². The number of anilines is 2. The molecule has 0 aliphatic carbocycles. The minimum atomic E-state index is -0.220. The average molecular weight is 425 g/mol. The second kappa shape index (κ2) is 8.22. The molecule has 30 heavy (non-hydrogen) atoms. The molecule has 0 saturated carbocycles. The molecule has 3 aromatic rings. The summed E-state index contributed by atoms with van der Waals surface area (Å²) in [6, 6.07) is 10.8. The molecule has 1 amide bonds. The molecule has 156 valence electrons. The Morgan fingerprint density at radius 1 is 1.00 bits per heavy atom. The molecule has 0 bridgehead atoms. The molecule has 0 unspecified atom stereocenters. The molecule has 2 aliphatic heterocycles. The Balaban J connectivity index is 1.23. The number of carbonyl (C=O) groups excluding carboxylic acids is 1. The Labute approximate surface area is 179 Å². The number of piperidine rings is 1. The smallest absolute Gasteiger partial charge is 0.227 e. The minimum absolute atomic E-state index is 0.0202. The normalized spacial score (nSPS) is 20.0. The van der Waals surface area contributed by atoms with Crippen molar-refractivity contribution in [2.24, 2.45) is 5.92 Å². The maximum atomic E-state index is 13.2. The van der Waals surface area contributed by atoms with Gasteiger partial charge in [-0.1, -0.05) is 0 Å². The van der Waals surface area contributed by atoms with E-state index < -0.39 is 0 Å². The first kappa shape index (κ1) is 19.3. The number of fused-ring (bicyclic) bond motifs is 1. The third kappa shape index (κ3) is 3.74. The molecule has 0 N–H and O–H groups in total. The quantitative estimate of drug-likeness (QED) is 0.637. The van der Waals surface area contributed by atoms with Crippen molar-refractivity contribution >= 4 is 38.8 Å². The molecular formula is C23H25FN4OS. The summed E-state index contributed by atoms with van der Waals surface area (Å²) in [7, 11) is 0. The largest absolute Gasteiger partial charge is 0.368 e. The first-order chi connectivity index (χ1) is 14.7. The van der Waals surface area contributed by atoms with E-state index in [1.807, 2.05) is 23.2 Å². The van der Waals surface area contributed by atoms with Crippen LogP contribution in [0.3, 0.4) is 0 Å². The monoisotopic (exact) mass is 424 g/mol. The Bertz CT molecular complexity index is 1030. The molecule has 2 aromatic heterocycles. The van der Waals surface area contributed by atoms with Crippen molar-refractivity contribution in [1.29, 1.82) is 0 Å². The van der Waals surface area contributed by atoms with Crippen LogP contribution >= 0.6 is 11.3 Å². The predicted octanol–water partition coefficient (Wildman–Crippen LogP) is 4.00. The summed E-state index contributed by atoms with van der Waals surface area (Å²) in [4.78, 5) is 24.4. The van der Waals surface area contributed by atoms with Crippen LogP contribution in [-0.2, 0) is 4.79 Å². The van der Waals surface area contributed by atoms with Crippen molar-refractivity contribution in [3.05, 3.63) is 53.8 Å². The Morgan fingerprint density at radius 3 is 2.60 bits per heavy atom. The molecule has 1 atom stereocenters. The van der Waals surface area contributed by atoms with Crippen LogP contribution in [-0.4, -0.2) is 55.1 Å². The maximum absolute atomic E-state index is 13.2. The van der Waals surface area contributed by atoms with Crippen LogP contribution in [0, 0.1) is 11.7 Å². The van der Waals surface area contributed by atoms with Crippen LogP contribution in [0.25, 0.3) is 10.1 Å². The number of rotatable bonds is 3. The van der Waals surface area contributed by atoms with Gasteiger partial charge in [-0.15, -0.1) is 11.3 Å². The number of benzene rings is 1. The van der Waals surface area contributed by atoms with Gasteiger partial charge in [-0.2, -0.15) is 0 Å². The maximum Gasteiger partial charge on any atom is 0.227 e. The molecule has 2 fully saturated rings. The van der Waals surface area contributed by atoms with Crippen molar-refractivity contribution in [3.63, 3.8) is 0 Å². The molecule has 5 rings (SSSR count). The van der Waals surface area contributed by atoms with Gasteiger partial charge in [-0.3, -0.25) is 4.79 Å². The van der Waals surface area contributed by atoms with Crippen molar-refractivity contribution in [3.8, 4) is 0 Å². The third-order valence-corrected chi connectivity index (χ3v) is 7.09. The number of aromatic nitrogens is 1. The standard InChI is InChI=1S/C23H25FN4OS/c24-18-3-5-19(6-4-18)26-11-13-27(14-12-26)23(29)17-2-1-10-28(16-17)22-20-8-15-30-21(20)7-9-25-22/h3-9,15,17H,1-2,10-14,16H2/t17-/m1/s1. The topological polar surface area (TPSA) is 39.7 Å². The predicted molar refractivity (Wildman–Crippen MR) is 120 cm³/mol. The van der Waals surface area contributed by atoms with Gasteiger partial charge in [0.15, 0.2) is 0 Å². The summed E-state index contributed by atoms with van der Waals surface area (Å²) in [6.45, 7) is 4.67. The van der Waals surface area contributed by atoms with E-state index in [9.17, 15) is 9.18 Å². The number of nitrogens with zero attached hydrogens (tertiary/aromatic N) is 4. The number of hydrogen-bond acceptors (Lipinski definition) is 5. The van der Waals surface area contributed by atoms with E-state index in [1.54, 1.807) is 11.3 Å². The molecule has 0 radical (unpaired) electrons. The summed E-state index contributed by atoms with van der Waals surface area (Å²) >= 11 is 1.73. The van der Waals surface area contributed by atoms with E-state index in [2.05, 4.69) is 32.3 Å². The zero-order valence-electron chi connectivity index (χ0n) is 16.8. The molecular weight excluding hydrogens is 399 g/mol. The summed E-state index contributed by atoms with van der Waals surface area (Å²) in [5.74, 6) is 1.07. The first-order valence-electron chi connectivity index (χ1n) is 10.6. The molecule has 1 aromatic carbocycles. The highest BCUT2D eigenvalue weighted by Gasteiger charge is 2.32. The van der Waals surface area contributed by atoms with Crippen molar-refractivity contribution in [2.75, 3.05) is 49.1 Å².